The molecule has 0 atom stereocenters. The zero-order valence-corrected chi connectivity index (χ0v) is 8.43. The lowest BCUT2D eigenvalue weighted by atomic mass is 10.6. The van der Waals surface area contributed by atoms with Crippen LogP contribution in [0.4, 0.5) is 0 Å². The summed E-state index contributed by atoms with van der Waals surface area (Å²) in [4.78, 5) is 7.90. The van der Waals surface area contributed by atoms with Crippen LogP contribution >= 0.6 is 0 Å². The third-order valence-corrected chi connectivity index (χ3v) is 1.52. The van der Waals surface area contributed by atoms with E-state index < -0.39 is 0 Å². The third-order valence-electron chi connectivity index (χ3n) is 1.52. The van der Waals surface area contributed by atoms with Crippen molar-refractivity contribution in [2.45, 2.75) is 6.54 Å². The molecule has 8 heteroatoms. The van der Waals surface area contributed by atoms with Crippen LogP contribution in [0.15, 0.2) is 15.9 Å². The number of hydrogen-bond donors (Lipinski definition) is 3. The number of nitrogens with two attached hydrogens (primary N) is 1. The van der Waals surface area contributed by atoms with Gasteiger partial charge in [-0.25, -0.2) is 10.8 Å². The first-order chi connectivity index (χ1) is 7.36. The number of nitrogens with one attached hydrogen (secondary N) is 2. The van der Waals surface area contributed by atoms with E-state index in [1.807, 2.05) is 0 Å². The minimum atomic E-state index is 0.302. The van der Waals surface area contributed by atoms with Crippen molar-refractivity contribution in [3.63, 3.8) is 0 Å². The van der Waals surface area contributed by atoms with Crippen molar-refractivity contribution in [1.82, 2.24) is 20.9 Å². The second kappa shape index (κ2) is 6.74. The minimum Gasteiger partial charge on any atom is -0.383 e. The highest BCUT2D eigenvalue weighted by molar-refractivity contribution is 5.79. The van der Waals surface area contributed by atoms with Gasteiger partial charge in [0.1, 0.15) is 6.54 Å². The van der Waals surface area contributed by atoms with Crippen molar-refractivity contribution < 1.29 is 9.26 Å². The Hall–Kier alpha value is -1.67. The van der Waals surface area contributed by atoms with Gasteiger partial charge in [0.25, 0.3) is 0 Å². The third kappa shape index (κ3) is 4.38. The van der Waals surface area contributed by atoms with Gasteiger partial charge in [0, 0.05) is 13.7 Å². The van der Waals surface area contributed by atoms with E-state index >= 15 is 0 Å². The van der Waals surface area contributed by atoms with E-state index in [0.29, 0.717) is 31.5 Å². The molecule has 1 aromatic heterocycles. The Balaban J connectivity index is 2.33. The van der Waals surface area contributed by atoms with E-state index in [9.17, 15) is 0 Å². The smallest absolute Gasteiger partial charge is 0.213 e. The van der Waals surface area contributed by atoms with Crippen molar-refractivity contribution >= 4 is 5.96 Å². The fraction of sp³-hybridized carbons (Fsp3) is 0.571. The molecule has 0 unspecified atom stereocenters. The molecular formula is C7H14N6O2. The quantitative estimate of drug-likeness (QED) is 0.182. The number of aromatic nitrogens is 2. The molecule has 8 nitrogen and oxygen atoms in total. The second-order valence-corrected chi connectivity index (χ2v) is 2.58. The first-order valence-corrected chi connectivity index (χ1v) is 4.36. The van der Waals surface area contributed by atoms with Gasteiger partial charge < -0.3 is 14.6 Å². The van der Waals surface area contributed by atoms with Gasteiger partial charge in [-0.15, -0.1) is 0 Å². The predicted molar refractivity (Wildman–Crippen MR) is 52.6 cm³/mol. The molecule has 0 aliphatic heterocycles. The maximum atomic E-state index is 5.25. The minimum absolute atomic E-state index is 0.302. The summed E-state index contributed by atoms with van der Waals surface area (Å²) in [7, 11) is 1.62. The lowest BCUT2D eigenvalue weighted by Crippen LogP contribution is -2.42. The van der Waals surface area contributed by atoms with Crippen molar-refractivity contribution in [3.05, 3.63) is 12.2 Å². The second-order valence-electron chi connectivity index (χ2n) is 2.58. The van der Waals surface area contributed by atoms with E-state index in [1.165, 1.54) is 6.39 Å². The Morgan fingerprint density at radius 1 is 1.73 bits per heavy atom. The zero-order chi connectivity index (χ0) is 10.9. The fourth-order valence-corrected chi connectivity index (χ4v) is 0.836. The van der Waals surface area contributed by atoms with Crippen LogP contribution in [-0.2, 0) is 11.3 Å². The van der Waals surface area contributed by atoms with Crippen molar-refractivity contribution in [3.8, 4) is 0 Å². The van der Waals surface area contributed by atoms with Crippen LogP contribution in [0.1, 0.15) is 5.82 Å². The molecule has 0 fully saturated rings. The van der Waals surface area contributed by atoms with Crippen LogP contribution in [0.2, 0.25) is 0 Å². The fourth-order valence-electron chi connectivity index (χ4n) is 0.836. The standard InChI is InChI=1S/C7H14N6O2/c1-14-3-2-9-7(12-8)10-4-6-11-5-15-13-6/h5H,2-4,8H2,1H3,(H2,9,10,12). The summed E-state index contributed by atoms with van der Waals surface area (Å²) in [6.45, 7) is 1.49. The molecule has 0 aliphatic carbocycles. The molecule has 1 aromatic rings. The molecule has 0 saturated heterocycles. The van der Waals surface area contributed by atoms with Gasteiger partial charge in [-0.1, -0.05) is 5.16 Å². The number of guanidine groups is 1. The number of methoxy groups -OCH3 is 1. The number of hydrogen-bond acceptors (Lipinski definition) is 6. The monoisotopic (exact) mass is 214 g/mol. The van der Waals surface area contributed by atoms with Gasteiger partial charge >= 0.3 is 0 Å². The molecule has 15 heavy (non-hydrogen) atoms. The van der Waals surface area contributed by atoms with Crippen LogP contribution in [0.25, 0.3) is 0 Å². The van der Waals surface area contributed by atoms with Crippen LogP contribution in [0, 0.1) is 0 Å². The van der Waals surface area contributed by atoms with Gasteiger partial charge in [0.15, 0.2) is 5.82 Å². The van der Waals surface area contributed by atoms with Gasteiger partial charge in [-0.2, -0.15) is 4.98 Å². The van der Waals surface area contributed by atoms with Crippen LogP contribution in [-0.4, -0.2) is 36.4 Å². The Morgan fingerprint density at radius 3 is 3.20 bits per heavy atom. The lowest BCUT2D eigenvalue weighted by Gasteiger charge is -2.07. The van der Waals surface area contributed by atoms with E-state index in [4.69, 9.17) is 10.6 Å². The van der Waals surface area contributed by atoms with Gasteiger partial charge in [-0.05, 0) is 0 Å². The Bertz CT molecular complexity index is 286. The molecule has 4 N–H and O–H groups in total. The summed E-state index contributed by atoms with van der Waals surface area (Å²) in [5.41, 5.74) is 2.42. The van der Waals surface area contributed by atoms with Crippen LogP contribution in [0.3, 0.4) is 0 Å². The SMILES string of the molecule is COCCNC(=NCc1ncon1)NN. The normalized spacial score (nSPS) is 11.5. The Morgan fingerprint density at radius 2 is 2.60 bits per heavy atom. The van der Waals surface area contributed by atoms with Gasteiger partial charge in [0.2, 0.25) is 12.4 Å². The number of aliphatic imine (C=N–C) groups is 1. The van der Waals surface area contributed by atoms with E-state index in [0.717, 1.165) is 0 Å². The largest absolute Gasteiger partial charge is 0.383 e. The molecule has 0 amide bonds. The van der Waals surface area contributed by atoms with E-state index in [1.54, 1.807) is 7.11 Å². The summed E-state index contributed by atoms with van der Waals surface area (Å²) < 4.78 is 9.42. The first-order valence-electron chi connectivity index (χ1n) is 4.36. The van der Waals surface area contributed by atoms with Crippen LogP contribution in [0.5, 0.6) is 0 Å². The Labute approximate surface area is 86.9 Å². The highest BCUT2D eigenvalue weighted by Crippen LogP contribution is 1.90. The summed E-state index contributed by atoms with van der Waals surface area (Å²) in [6.07, 6.45) is 1.25. The zero-order valence-electron chi connectivity index (χ0n) is 8.43. The van der Waals surface area contributed by atoms with E-state index in [-0.39, 0.29) is 0 Å². The number of nitrogens with zero attached hydrogens (tertiary/aromatic N) is 3. The summed E-state index contributed by atoms with van der Waals surface area (Å²) in [5, 5.41) is 6.54. The first kappa shape index (κ1) is 11.4. The molecule has 0 radical (unpaired) electrons. The molecule has 0 spiro atoms. The van der Waals surface area contributed by atoms with Gasteiger partial charge in [0.05, 0.1) is 6.61 Å². The molecule has 0 saturated carbocycles. The molecule has 84 valence electrons. The molecule has 1 heterocycles. The van der Waals surface area contributed by atoms with E-state index in [2.05, 4.69) is 30.4 Å². The topological polar surface area (TPSA) is 111 Å². The number of ether oxygens (including phenoxy) is 1. The highest BCUT2D eigenvalue weighted by atomic mass is 16.5. The molecule has 0 bridgehead atoms. The average Bonchev–Trinajstić information content (AvgIpc) is 2.76. The lowest BCUT2D eigenvalue weighted by molar-refractivity contribution is 0.203. The molecule has 1 rings (SSSR count). The van der Waals surface area contributed by atoms with Crippen LogP contribution < -0.4 is 16.6 Å². The molecular weight excluding hydrogens is 200 g/mol. The Kier molecular flexibility index (Phi) is 5.12. The maximum Gasteiger partial charge on any atom is 0.213 e. The molecule has 0 aromatic carbocycles. The predicted octanol–water partition coefficient (Wildman–Crippen LogP) is -1.38. The van der Waals surface area contributed by atoms with Gasteiger partial charge in [-0.3, -0.25) is 5.43 Å². The average molecular weight is 214 g/mol. The van der Waals surface area contributed by atoms with Crippen molar-refractivity contribution in [1.29, 1.82) is 0 Å². The van der Waals surface area contributed by atoms with Crippen molar-refractivity contribution in [2.75, 3.05) is 20.3 Å². The van der Waals surface area contributed by atoms with Crippen molar-refractivity contribution in [2.24, 2.45) is 10.8 Å². The summed E-state index contributed by atoms with van der Waals surface area (Å²) >= 11 is 0. The summed E-state index contributed by atoms with van der Waals surface area (Å²) in [5.74, 6) is 6.20. The highest BCUT2D eigenvalue weighted by Gasteiger charge is 1.98. The number of hydrazine groups is 1. The molecule has 0 aliphatic rings. The maximum absolute atomic E-state index is 5.25. The summed E-state index contributed by atoms with van der Waals surface area (Å²) in [6, 6.07) is 0. The number of rotatable bonds is 5.